The second-order valence-electron chi connectivity index (χ2n) is 5.32. The molecule has 0 atom stereocenters. The predicted molar refractivity (Wildman–Crippen MR) is 81.6 cm³/mol. The lowest BCUT2D eigenvalue weighted by Gasteiger charge is -2.13. The van der Waals surface area contributed by atoms with Gasteiger partial charge in [-0.1, -0.05) is 24.3 Å². The van der Waals surface area contributed by atoms with Crippen LogP contribution in [0, 0.1) is 6.92 Å². The van der Waals surface area contributed by atoms with Crippen molar-refractivity contribution in [2.75, 3.05) is 0 Å². The summed E-state index contributed by atoms with van der Waals surface area (Å²) in [5, 5.41) is 0. The summed E-state index contributed by atoms with van der Waals surface area (Å²) in [6, 6.07) is 7.48. The Morgan fingerprint density at radius 3 is 1.86 bits per heavy atom. The molecular formula is C17H22O4. The van der Waals surface area contributed by atoms with Crippen molar-refractivity contribution in [1.82, 2.24) is 0 Å². The van der Waals surface area contributed by atoms with Crippen LogP contribution in [0.2, 0.25) is 0 Å². The topological polar surface area (TPSA) is 52.6 Å². The molecule has 114 valence electrons. The highest BCUT2D eigenvalue weighted by Gasteiger charge is 2.23. The van der Waals surface area contributed by atoms with Crippen LogP contribution in [0.1, 0.15) is 38.8 Å². The molecule has 0 radical (unpaired) electrons. The van der Waals surface area contributed by atoms with Crippen LogP contribution in [-0.4, -0.2) is 24.1 Å². The summed E-state index contributed by atoms with van der Waals surface area (Å²) in [7, 11) is 0. The Morgan fingerprint density at radius 2 is 1.43 bits per heavy atom. The van der Waals surface area contributed by atoms with Gasteiger partial charge in [0.05, 0.1) is 12.2 Å². The van der Waals surface area contributed by atoms with Gasteiger partial charge in [-0.05, 0) is 51.8 Å². The van der Waals surface area contributed by atoms with E-state index in [9.17, 15) is 9.59 Å². The molecule has 0 fully saturated rings. The lowest BCUT2D eigenvalue weighted by molar-refractivity contribution is -0.150. The fraction of sp³-hybridized carbons (Fsp3) is 0.412. The van der Waals surface area contributed by atoms with E-state index in [0.29, 0.717) is 0 Å². The van der Waals surface area contributed by atoms with Crippen molar-refractivity contribution in [3.05, 3.63) is 41.0 Å². The Balaban J connectivity index is 3.15. The van der Waals surface area contributed by atoms with Crippen molar-refractivity contribution in [2.24, 2.45) is 0 Å². The van der Waals surface area contributed by atoms with Gasteiger partial charge in [0, 0.05) is 0 Å². The van der Waals surface area contributed by atoms with Crippen molar-refractivity contribution in [1.29, 1.82) is 0 Å². The zero-order valence-electron chi connectivity index (χ0n) is 13.2. The van der Waals surface area contributed by atoms with Crippen LogP contribution in [-0.2, 0) is 19.1 Å². The highest BCUT2D eigenvalue weighted by molar-refractivity contribution is 6.17. The van der Waals surface area contributed by atoms with E-state index in [1.807, 2.05) is 31.2 Å². The van der Waals surface area contributed by atoms with Gasteiger partial charge in [-0.15, -0.1) is 0 Å². The first-order valence-corrected chi connectivity index (χ1v) is 7.00. The van der Waals surface area contributed by atoms with Gasteiger partial charge in [0.1, 0.15) is 5.57 Å². The van der Waals surface area contributed by atoms with Gasteiger partial charge < -0.3 is 9.47 Å². The summed E-state index contributed by atoms with van der Waals surface area (Å²) in [5.74, 6) is -1.34. The van der Waals surface area contributed by atoms with E-state index >= 15 is 0 Å². The molecular weight excluding hydrogens is 268 g/mol. The van der Waals surface area contributed by atoms with E-state index < -0.39 is 11.9 Å². The third-order valence-corrected chi connectivity index (χ3v) is 2.61. The van der Waals surface area contributed by atoms with Crippen LogP contribution in [0.15, 0.2) is 29.8 Å². The van der Waals surface area contributed by atoms with E-state index in [2.05, 4.69) is 0 Å². The molecule has 21 heavy (non-hydrogen) atoms. The molecule has 0 saturated heterocycles. The Kier molecular flexibility index (Phi) is 6.15. The average molecular weight is 290 g/mol. The molecule has 0 bridgehead atoms. The molecule has 0 unspecified atom stereocenters. The Morgan fingerprint density at radius 1 is 0.952 bits per heavy atom. The fourth-order valence-electron chi connectivity index (χ4n) is 1.66. The number of carbonyl (C=O) groups is 2. The van der Waals surface area contributed by atoms with Crippen molar-refractivity contribution in [2.45, 2.75) is 46.8 Å². The van der Waals surface area contributed by atoms with Gasteiger partial charge >= 0.3 is 11.9 Å². The van der Waals surface area contributed by atoms with Crippen LogP contribution < -0.4 is 0 Å². The third kappa shape index (κ3) is 5.42. The fourth-order valence-corrected chi connectivity index (χ4v) is 1.66. The summed E-state index contributed by atoms with van der Waals surface area (Å²) in [5.41, 5.74) is 1.66. The average Bonchev–Trinajstić information content (AvgIpc) is 2.35. The minimum Gasteiger partial charge on any atom is -0.459 e. The van der Waals surface area contributed by atoms with Crippen molar-refractivity contribution in [3.8, 4) is 0 Å². The molecule has 0 N–H and O–H groups in total. The minimum atomic E-state index is -0.668. The molecule has 4 heteroatoms. The quantitative estimate of drug-likeness (QED) is 0.361. The number of esters is 2. The summed E-state index contributed by atoms with van der Waals surface area (Å²) in [6.07, 6.45) is 0.916. The van der Waals surface area contributed by atoms with Crippen LogP contribution in [0.3, 0.4) is 0 Å². The summed E-state index contributed by atoms with van der Waals surface area (Å²) in [6.45, 7) is 8.84. The molecule has 0 aromatic heterocycles. The zero-order valence-corrected chi connectivity index (χ0v) is 13.2. The van der Waals surface area contributed by atoms with Gasteiger partial charge in [-0.3, -0.25) is 0 Å². The van der Waals surface area contributed by atoms with Gasteiger partial charge in [0.2, 0.25) is 0 Å². The molecule has 0 spiro atoms. The zero-order chi connectivity index (χ0) is 16.0. The summed E-state index contributed by atoms with van der Waals surface area (Å²) >= 11 is 0. The first-order chi connectivity index (χ1) is 9.81. The van der Waals surface area contributed by atoms with Crippen LogP contribution in [0.4, 0.5) is 0 Å². The lowest BCUT2D eigenvalue weighted by Crippen LogP contribution is -2.23. The predicted octanol–water partition coefficient (Wildman–Crippen LogP) is 3.28. The number of rotatable bonds is 5. The van der Waals surface area contributed by atoms with Gasteiger partial charge in [-0.2, -0.15) is 0 Å². The Labute approximate surface area is 125 Å². The maximum Gasteiger partial charge on any atom is 0.345 e. The molecule has 4 nitrogen and oxygen atoms in total. The number of benzene rings is 1. The molecule has 0 amide bonds. The number of ether oxygens (including phenoxy) is 2. The molecule has 0 aliphatic carbocycles. The van der Waals surface area contributed by atoms with Crippen molar-refractivity contribution >= 4 is 18.0 Å². The SMILES string of the molecule is Cc1ccccc1C=C(C(=O)OC(C)C)C(=O)OC(C)C. The second-order valence-corrected chi connectivity index (χ2v) is 5.32. The highest BCUT2D eigenvalue weighted by Crippen LogP contribution is 2.15. The molecule has 0 heterocycles. The van der Waals surface area contributed by atoms with E-state index in [-0.39, 0.29) is 17.8 Å². The number of hydrogen-bond donors (Lipinski definition) is 0. The lowest BCUT2D eigenvalue weighted by atomic mass is 10.1. The first kappa shape index (κ1) is 17.0. The largest absolute Gasteiger partial charge is 0.459 e. The Hall–Kier alpha value is -2.10. The normalized spacial score (nSPS) is 10.4. The molecule has 0 saturated carbocycles. The van der Waals surface area contributed by atoms with Crippen molar-refractivity contribution in [3.63, 3.8) is 0 Å². The maximum absolute atomic E-state index is 12.1. The molecule has 1 aromatic rings. The Bertz CT molecular complexity index is 517. The molecule has 1 aromatic carbocycles. The smallest absolute Gasteiger partial charge is 0.345 e. The highest BCUT2D eigenvalue weighted by atomic mass is 16.6. The number of hydrogen-bond acceptors (Lipinski definition) is 4. The third-order valence-electron chi connectivity index (χ3n) is 2.61. The van der Waals surface area contributed by atoms with Crippen molar-refractivity contribution < 1.29 is 19.1 Å². The minimum absolute atomic E-state index is 0.0910. The first-order valence-electron chi connectivity index (χ1n) is 7.00. The second kappa shape index (κ2) is 7.62. The van der Waals surface area contributed by atoms with Crippen LogP contribution in [0.25, 0.3) is 6.08 Å². The van der Waals surface area contributed by atoms with E-state index in [1.165, 1.54) is 6.08 Å². The summed E-state index contributed by atoms with van der Waals surface area (Å²) in [4.78, 5) is 24.2. The van der Waals surface area contributed by atoms with Gasteiger partial charge in [0.25, 0.3) is 0 Å². The van der Waals surface area contributed by atoms with E-state index in [0.717, 1.165) is 11.1 Å². The monoisotopic (exact) mass is 290 g/mol. The molecule has 0 aliphatic rings. The van der Waals surface area contributed by atoms with E-state index in [1.54, 1.807) is 27.7 Å². The van der Waals surface area contributed by atoms with Gasteiger partial charge in [-0.25, -0.2) is 9.59 Å². The molecule has 0 aliphatic heterocycles. The number of aryl methyl sites for hydroxylation is 1. The van der Waals surface area contributed by atoms with E-state index in [4.69, 9.17) is 9.47 Å². The standard InChI is InChI=1S/C17H22O4/c1-11(2)20-16(18)15(17(19)21-12(3)4)10-14-9-7-6-8-13(14)5/h6-12H,1-5H3. The maximum atomic E-state index is 12.1. The van der Waals surface area contributed by atoms with Crippen LogP contribution >= 0.6 is 0 Å². The summed E-state index contributed by atoms with van der Waals surface area (Å²) < 4.78 is 10.2. The van der Waals surface area contributed by atoms with Crippen LogP contribution in [0.5, 0.6) is 0 Å². The van der Waals surface area contributed by atoms with Gasteiger partial charge in [0.15, 0.2) is 0 Å². The molecule has 1 rings (SSSR count). The number of carbonyl (C=O) groups excluding carboxylic acids is 2.